The van der Waals surface area contributed by atoms with E-state index < -0.39 is 10.4 Å². The largest absolute Gasteiger partial charge is 0.399 e. The Kier molecular flexibility index (Phi) is 17.8. The summed E-state index contributed by atoms with van der Waals surface area (Å²) in [5.74, 6) is 0. The highest BCUT2D eigenvalue weighted by molar-refractivity contribution is 7.81. The number of ether oxygens (including phenoxy) is 2. The van der Waals surface area contributed by atoms with E-state index in [1.807, 2.05) is 34.6 Å². The molecule has 130 valence electrons. The first kappa shape index (κ1) is 23.1. The molecule has 0 aliphatic rings. The van der Waals surface area contributed by atoms with Gasteiger partial charge in [0, 0.05) is 13.2 Å². The van der Waals surface area contributed by atoms with Crippen molar-refractivity contribution in [2.45, 2.75) is 66.6 Å². The Bertz CT molecular complexity index is 270. The molecule has 0 fully saturated rings. The first-order chi connectivity index (χ1) is 9.93. The molecule has 0 saturated carbocycles. The minimum absolute atomic E-state index is 0.0370. The maximum atomic E-state index is 10.9. The van der Waals surface area contributed by atoms with Gasteiger partial charge in [0.1, 0.15) is 0 Å². The molecule has 0 aliphatic heterocycles. The van der Waals surface area contributed by atoms with Crippen LogP contribution in [-0.2, 0) is 28.2 Å². The molecular weight excluding hydrogens is 296 g/mol. The number of hydrogen-bond acceptors (Lipinski definition) is 6. The maximum Gasteiger partial charge on any atom is 0.399 e. The maximum absolute atomic E-state index is 10.9. The minimum atomic E-state index is -3.73. The van der Waals surface area contributed by atoms with Crippen LogP contribution in [0.5, 0.6) is 0 Å². The van der Waals surface area contributed by atoms with Crippen LogP contribution in [-0.4, -0.2) is 41.1 Å². The predicted molar refractivity (Wildman–Crippen MR) is 83.4 cm³/mol. The van der Waals surface area contributed by atoms with E-state index in [1.54, 1.807) is 0 Å². The molecule has 0 amide bonds. The molecule has 0 heterocycles. The van der Waals surface area contributed by atoms with Gasteiger partial charge in [-0.05, 0) is 33.6 Å². The van der Waals surface area contributed by atoms with E-state index in [0.717, 1.165) is 38.9 Å². The third kappa shape index (κ3) is 19.8. The van der Waals surface area contributed by atoms with E-state index in [1.165, 1.54) is 0 Å². The Hall–Kier alpha value is -0.210. The summed E-state index contributed by atoms with van der Waals surface area (Å²) in [6, 6.07) is 0. The Morgan fingerprint density at radius 1 is 0.810 bits per heavy atom. The molecule has 0 aliphatic carbocycles. The highest BCUT2D eigenvalue weighted by atomic mass is 32.3. The topological polar surface area (TPSA) is 71.1 Å². The predicted octanol–water partition coefficient (Wildman–Crippen LogP) is 3.27. The van der Waals surface area contributed by atoms with Crippen LogP contribution >= 0.6 is 0 Å². The van der Waals surface area contributed by atoms with E-state index in [4.69, 9.17) is 9.47 Å². The van der Waals surface area contributed by atoms with E-state index in [9.17, 15) is 8.42 Å². The normalized spacial score (nSPS) is 11.3. The molecule has 0 aromatic heterocycles. The van der Waals surface area contributed by atoms with E-state index in [0.29, 0.717) is 0 Å². The molecule has 6 nitrogen and oxygen atoms in total. The molecule has 0 atom stereocenters. The smallest absolute Gasteiger partial charge is 0.353 e. The standard InChI is InChI=1S/C8H18O4S.C6H14O2/c1-3-5-7-11-13(9,10)12-8-6-4-2;1-4-7-6(3)8-5-2/h3-8H2,1-2H3;6H,4-5H2,1-3H3. The summed E-state index contributed by atoms with van der Waals surface area (Å²) in [5, 5.41) is 0. The van der Waals surface area contributed by atoms with Crippen molar-refractivity contribution >= 4 is 10.4 Å². The molecule has 0 unspecified atom stereocenters. The Balaban J connectivity index is 0. The summed E-state index contributed by atoms with van der Waals surface area (Å²) < 4.78 is 41.1. The highest BCUT2D eigenvalue weighted by Gasteiger charge is 2.10. The fraction of sp³-hybridized carbons (Fsp3) is 1.00. The van der Waals surface area contributed by atoms with Crippen molar-refractivity contribution < 1.29 is 26.3 Å². The molecule has 0 spiro atoms. The van der Waals surface area contributed by atoms with Gasteiger partial charge in [-0.15, -0.1) is 0 Å². The second kappa shape index (κ2) is 16.2. The van der Waals surface area contributed by atoms with Gasteiger partial charge in [0.25, 0.3) is 0 Å². The number of unbranched alkanes of at least 4 members (excludes halogenated alkanes) is 2. The minimum Gasteiger partial charge on any atom is -0.353 e. The van der Waals surface area contributed by atoms with Crippen LogP contribution in [0.15, 0.2) is 0 Å². The van der Waals surface area contributed by atoms with Gasteiger partial charge in [0.05, 0.1) is 13.2 Å². The van der Waals surface area contributed by atoms with Gasteiger partial charge < -0.3 is 9.47 Å². The van der Waals surface area contributed by atoms with Crippen molar-refractivity contribution in [1.82, 2.24) is 0 Å². The van der Waals surface area contributed by atoms with Gasteiger partial charge >= 0.3 is 10.4 Å². The molecular formula is C14H32O6S. The van der Waals surface area contributed by atoms with Crippen LogP contribution in [0, 0.1) is 0 Å². The number of rotatable bonds is 12. The van der Waals surface area contributed by atoms with E-state index >= 15 is 0 Å². The number of hydrogen-bond donors (Lipinski definition) is 0. The molecule has 0 N–H and O–H groups in total. The molecule has 0 bridgehead atoms. The first-order valence-corrected chi connectivity index (χ1v) is 9.03. The Morgan fingerprint density at radius 2 is 1.19 bits per heavy atom. The SMILES string of the molecule is CCCCOS(=O)(=O)OCCCC.CCOC(C)OCC. The second-order valence-electron chi connectivity index (χ2n) is 4.24. The second-order valence-corrected chi connectivity index (χ2v) is 5.53. The Labute approximate surface area is 130 Å². The molecule has 21 heavy (non-hydrogen) atoms. The molecule has 0 radical (unpaired) electrons. The zero-order chi connectivity index (χ0) is 16.6. The molecule has 7 heteroatoms. The van der Waals surface area contributed by atoms with Crippen molar-refractivity contribution in [1.29, 1.82) is 0 Å². The lowest BCUT2D eigenvalue weighted by molar-refractivity contribution is -0.123. The third-order valence-corrected chi connectivity index (χ3v) is 3.16. The molecule has 0 aromatic carbocycles. The third-order valence-electron chi connectivity index (χ3n) is 2.25. The van der Waals surface area contributed by atoms with Crippen molar-refractivity contribution in [2.75, 3.05) is 26.4 Å². The summed E-state index contributed by atoms with van der Waals surface area (Å²) >= 11 is 0. The molecule has 0 rings (SSSR count). The van der Waals surface area contributed by atoms with Crippen molar-refractivity contribution in [3.63, 3.8) is 0 Å². The Morgan fingerprint density at radius 3 is 1.48 bits per heavy atom. The van der Waals surface area contributed by atoms with Gasteiger partial charge in [0.15, 0.2) is 6.29 Å². The summed E-state index contributed by atoms with van der Waals surface area (Å²) in [4.78, 5) is 0. The lowest BCUT2D eigenvalue weighted by atomic mass is 10.4. The molecule has 0 saturated heterocycles. The van der Waals surface area contributed by atoms with Crippen LogP contribution in [0.3, 0.4) is 0 Å². The van der Waals surface area contributed by atoms with E-state index in [-0.39, 0.29) is 19.5 Å². The van der Waals surface area contributed by atoms with Crippen molar-refractivity contribution in [3.8, 4) is 0 Å². The van der Waals surface area contributed by atoms with Gasteiger partial charge in [-0.2, -0.15) is 8.42 Å². The lowest BCUT2D eigenvalue weighted by Gasteiger charge is -2.09. The van der Waals surface area contributed by atoms with Crippen LogP contribution in [0.25, 0.3) is 0 Å². The first-order valence-electron chi connectivity index (χ1n) is 7.70. The van der Waals surface area contributed by atoms with Gasteiger partial charge in [0.2, 0.25) is 0 Å². The summed E-state index contributed by atoms with van der Waals surface area (Å²) in [7, 11) is -3.73. The zero-order valence-corrected chi connectivity index (χ0v) is 14.9. The summed E-state index contributed by atoms with van der Waals surface area (Å²) in [5.41, 5.74) is 0. The monoisotopic (exact) mass is 328 g/mol. The highest BCUT2D eigenvalue weighted by Crippen LogP contribution is 2.00. The van der Waals surface area contributed by atoms with Gasteiger partial charge in [-0.3, -0.25) is 0 Å². The van der Waals surface area contributed by atoms with Crippen LogP contribution in [0.1, 0.15) is 60.3 Å². The summed E-state index contributed by atoms with van der Waals surface area (Å²) in [6.07, 6.45) is 3.24. The van der Waals surface area contributed by atoms with Crippen molar-refractivity contribution in [2.24, 2.45) is 0 Å². The fourth-order valence-electron chi connectivity index (χ4n) is 1.16. The average molecular weight is 328 g/mol. The quantitative estimate of drug-likeness (QED) is 0.404. The van der Waals surface area contributed by atoms with Crippen molar-refractivity contribution in [3.05, 3.63) is 0 Å². The average Bonchev–Trinajstić information content (AvgIpc) is 2.40. The van der Waals surface area contributed by atoms with Crippen LogP contribution < -0.4 is 0 Å². The van der Waals surface area contributed by atoms with E-state index in [2.05, 4.69) is 8.37 Å². The molecule has 0 aromatic rings. The lowest BCUT2D eigenvalue weighted by Crippen LogP contribution is -2.11. The zero-order valence-electron chi connectivity index (χ0n) is 14.1. The van der Waals surface area contributed by atoms with Crippen LogP contribution in [0.2, 0.25) is 0 Å². The van der Waals surface area contributed by atoms with Gasteiger partial charge in [-0.1, -0.05) is 26.7 Å². The fourth-order valence-corrected chi connectivity index (χ4v) is 1.87. The van der Waals surface area contributed by atoms with Crippen LogP contribution in [0.4, 0.5) is 0 Å². The summed E-state index contributed by atoms with van der Waals surface area (Å²) in [6.45, 7) is 11.6. The van der Waals surface area contributed by atoms with Gasteiger partial charge in [-0.25, -0.2) is 8.37 Å².